The van der Waals surface area contributed by atoms with E-state index in [4.69, 9.17) is 4.52 Å². The zero-order chi connectivity index (χ0) is 18.2. The maximum atomic E-state index is 12.0. The summed E-state index contributed by atoms with van der Waals surface area (Å²) in [4.78, 5) is 23.9. The molecule has 0 saturated heterocycles. The second kappa shape index (κ2) is 8.86. The van der Waals surface area contributed by atoms with E-state index in [0.717, 1.165) is 29.9 Å². The van der Waals surface area contributed by atoms with E-state index in [1.54, 1.807) is 19.1 Å². The number of urea groups is 1. The highest BCUT2D eigenvalue weighted by Gasteiger charge is 2.15. The monoisotopic (exact) mass is 344 g/mol. The van der Waals surface area contributed by atoms with Crippen molar-refractivity contribution in [1.29, 1.82) is 0 Å². The molecule has 1 aromatic heterocycles. The van der Waals surface area contributed by atoms with Crippen LogP contribution >= 0.6 is 0 Å². The average Bonchev–Trinajstić information content (AvgIpc) is 2.91. The van der Waals surface area contributed by atoms with E-state index in [0.29, 0.717) is 12.2 Å². The minimum atomic E-state index is -0.636. The van der Waals surface area contributed by atoms with Crippen molar-refractivity contribution in [3.8, 4) is 0 Å². The number of carbonyl (C=O) groups excluding carboxylic acids is 2. The molecule has 2 rings (SSSR count). The summed E-state index contributed by atoms with van der Waals surface area (Å²) in [5.74, 6) is 0.547. The number of hydrogen-bond acceptors (Lipinski definition) is 4. The highest BCUT2D eigenvalue weighted by atomic mass is 16.5. The van der Waals surface area contributed by atoms with Crippen LogP contribution in [0.3, 0.4) is 0 Å². The Labute approximate surface area is 147 Å². The third-order valence-electron chi connectivity index (χ3n) is 3.85. The van der Waals surface area contributed by atoms with Gasteiger partial charge in [0.2, 0.25) is 5.91 Å². The van der Waals surface area contributed by atoms with Crippen molar-refractivity contribution >= 4 is 17.6 Å². The van der Waals surface area contributed by atoms with Crippen molar-refractivity contribution in [2.24, 2.45) is 0 Å². The number of anilines is 1. The smallest absolute Gasteiger partial charge is 0.315 e. The molecule has 25 heavy (non-hydrogen) atoms. The van der Waals surface area contributed by atoms with Gasteiger partial charge in [0.05, 0.1) is 5.69 Å². The summed E-state index contributed by atoms with van der Waals surface area (Å²) in [6.45, 7) is 5.92. The van der Waals surface area contributed by atoms with Gasteiger partial charge in [0, 0.05) is 17.8 Å². The van der Waals surface area contributed by atoms with Crippen molar-refractivity contribution in [3.63, 3.8) is 0 Å². The van der Waals surface area contributed by atoms with Gasteiger partial charge < -0.3 is 20.5 Å². The van der Waals surface area contributed by atoms with Crippen LogP contribution in [0.25, 0.3) is 0 Å². The first-order valence-electron chi connectivity index (χ1n) is 8.29. The fourth-order valence-corrected chi connectivity index (χ4v) is 2.41. The maximum Gasteiger partial charge on any atom is 0.315 e. The number of nitrogens with zero attached hydrogens (tertiary/aromatic N) is 1. The highest BCUT2D eigenvalue weighted by molar-refractivity contribution is 5.96. The van der Waals surface area contributed by atoms with Crippen LogP contribution in [0, 0.1) is 13.8 Å². The molecule has 3 amide bonds. The van der Waals surface area contributed by atoms with Gasteiger partial charge in [-0.25, -0.2) is 4.79 Å². The summed E-state index contributed by atoms with van der Waals surface area (Å²) >= 11 is 0. The SMILES string of the molecule is Cc1noc(C)c1CCCNC(=O)N[C@@H](C)C(=O)Nc1ccccc1. The van der Waals surface area contributed by atoms with Gasteiger partial charge in [0.25, 0.3) is 0 Å². The van der Waals surface area contributed by atoms with Crippen LogP contribution in [-0.4, -0.2) is 29.7 Å². The molecule has 1 atom stereocenters. The Balaban J connectivity index is 1.68. The number of para-hydroxylation sites is 1. The Morgan fingerprint density at radius 3 is 2.56 bits per heavy atom. The predicted molar refractivity (Wildman–Crippen MR) is 95.4 cm³/mol. The third-order valence-corrected chi connectivity index (χ3v) is 3.85. The number of nitrogens with one attached hydrogen (secondary N) is 3. The van der Waals surface area contributed by atoms with Gasteiger partial charge in [-0.1, -0.05) is 23.4 Å². The van der Waals surface area contributed by atoms with E-state index in [1.807, 2.05) is 32.0 Å². The van der Waals surface area contributed by atoms with Gasteiger partial charge in [-0.05, 0) is 45.7 Å². The molecule has 0 spiro atoms. The standard InChI is InChI=1S/C18H24N4O3/c1-12-16(14(3)25-22-12)10-7-11-19-18(24)20-13(2)17(23)21-15-8-5-4-6-9-15/h4-6,8-9,13H,7,10-11H2,1-3H3,(H,21,23)(H2,19,20,24)/t13-/m0/s1. The van der Waals surface area contributed by atoms with E-state index in [9.17, 15) is 9.59 Å². The number of aryl methyl sites for hydroxylation is 2. The lowest BCUT2D eigenvalue weighted by molar-refractivity contribution is -0.117. The molecule has 7 nitrogen and oxygen atoms in total. The Morgan fingerprint density at radius 2 is 1.92 bits per heavy atom. The van der Waals surface area contributed by atoms with Crippen LogP contribution in [0.5, 0.6) is 0 Å². The number of rotatable bonds is 7. The van der Waals surface area contributed by atoms with E-state index in [1.165, 1.54) is 0 Å². The van der Waals surface area contributed by atoms with Crippen LogP contribution < -0.4 is 16.0 Å². The molecule has 3 N–H and O–H groups in total. The molecule has 2 aromatic rings. The van der Waals surface area contributed by atoms with E-state index in [2.05, 4.69) is 21.1 Å². The number of carbonyl (C=O) groups is 2. The summed E-state index contributed by atoms with van der Waals surface area (Å²) in [5.41, 5.74) is 2.66. The molecular formula is C18H24N4O3. The van der Waals surface area contributed by atoms with Crippen LogP contribution in [0.4, 0.5) is 10.5 Å². The first kappa shape index (κ1) is 18.5. The lowest BCUT2D eigenvalue weighted by Crippen LogP contribution is -2.46. The van der Waals surface area contributed by atoms with Crippen molar-refractivity contribution in [2.45, 2.75) is 39.7 Å². The van der Waals surface area contributed by atoms with Crippen molar-refractivity contribution in [2.75, 3.05) is 11.9 Å². The van der Waals surface area contributed by atoms with Crippen molar-refractivity contribution in [1.82, 2.24) is 15.8 Å². The second-order valence-electron chi connectivity index (χ2n) is 5.88. The molecule has 0 fully saturated rings. The molecule has 0 aliphatic rings. The first-order chi connectivity index (χ1) is 12.0. The Hall–Kier alpha value is -2.83. The normalized spacial score (nSPS) is 11.6. The molecular weight excluding hydrogens is 320 g/mol. The minimum Gasteiger partial charge on any atom is -0.361 e. The van der Waals surface area contributed by atoms with Gasteiger partial charge in [-0.3, -0.25) is 4.79 Å². The molecule has 0 unspecified atom stereocenters. The zero-order valence-corrected chi connectivity index (χ0v) is 14.8. The molecule has 134 valence electrons. The van der Waals surface area contributed by atoms with Gasteiger partial charge in [0.1, 0.15) is 11.8 Å². The van der Waals surface area contributed by atoms with E-state index >= 15 is 0 Å². The summed E-state index contributed by atoms with van der Waals surface area (Å²) in [6, 6.07) is 8.11. The summed E-state index contributed by atoms with van der Waals surface area (Å²) in [7, 11) is 0. The predicted octanol–water partition coefficient (Wildman–Crippen LogP) is 2.55. The molecule has 0 saturated carbocycles. The molecule has 0 radical (unpaired) electrons. The minimum absolute atomic E-state index is 0.267. The fraction of sp³-hybridized carbons (Fsp3) is 0.389. The summed E-state index contributed by atoms with van der Waals surface area (Å²) in [5, 5.41) is 12.0. The van der Waals surface area contributed by atoms with Crippen LogP contribution in [0.2, 0.25) is 0 Å². The molecule has 0 bridgehead atoms. The van der Waals surface area contributed by atoms with E-state index < -0.39 is 6.04 Å². The van der Waals surface area contributed by atoms with Crippen molar-refractivity contribution < 1.29 is 14.1 Å². The van der Waals surface area contributed by atoms with Crippen molar-refractivity contribution in [3.05, 3.63) is 47.3 Å². The lowest BCUT2D eigenvalue weighted by Gasteiger charge is -2.14. The van der Waals surface area contributed by atoms with Gasteiger partial charge >= 0.3 is 6.03 Å². The number of benzene rings is 1. The Bertz CT molecular complexity index is 693. The Morgan fingerprint density at radius 1 is 1.20 bits per heavy atom. The topological polar surface area (TPSA) is 96.3 Å². The molecule has 7 heteroatoms. The zero-order valence-electron chi connectivity index (χ0n) is 14.8. The Kier molecular flexibility index (Phi) is 6.56. The summed E-state index contributed by atoms with van der Waals surface area (Å²) in [6.07, 6.45) is 1.55. The third kappa shape index (κ3) is 5.63. The quantitative estimate of drug-likeness (QED) is 0.673. The molecule has 0 aliphatic heterocycles. The van der Waals surface area contributed by atoms with Crippen LogP contribution in [0.15, 0.2) is 34.9 Å². The van der Waals surface area contributed by atoms with Gasteiger partial charge in [-0.15, -0.1) is 0 Å². The number of aromatic nitrogens is 1. The van der Waals surface area contributed by atoms with Gasteiger partial charge in [-0.2, -0.15) is 0 Å². The van der Waals surface area contributed by atoms with E-state index in [-0.39, 0.29) is 11.9 Å². The second-order valence-corrected chi connectivity index (χ2v) is 5.88. The lowest BCUT2D eigenvalue weighted by atomic mass is 10.1. The number of amides is 3. The molecule has 0 aliphatic carbocycles. The fourth-order valence-electron chi connectivity index (χ4n) is 2.41. The summed E-state index contributed by atoms with van der Waals surface area (Å²) < 4.78 is 5.11. The van der Waals surface area contributed by atoms with Crippen LogP contribution in [0.1, 0.15) is 30.4 Å². The highest BCUT2D eigenvalue weighted by Crippen LogP contribution is 2.13. The average molecular weight is 344 g/mol. The maximum absolute atomic E-state index is 12.0. The first-order valence-corrected chi connectivity index (χ1v) is 8.29. The van der Waals surface area contributed by atoms with Crippen LogP contribution in [-0.2, 0) is 11.2 Å². The molecule has 1 aromatic carbocycles. The van der Waals surface area contributed by atoms with Gasteiger partial charge in [0.15, 0.2) is 0 Å². The molecule has 1 heterocycles. The largest absolute Gasteiger partial charge is 0.361 e. The number of hydrogen-bond donors (Lipinski definition) is 3.